The predicted octanol–water partition coefficient (Wildman–Crippen LogP) is 3.62. The van der Waals surface area contributed by atoms with Crippen LogP contribution >= 0.6 is 11.6 Å². The van der Waals surface area contributed by atoms with Crippen LogP contribution in [0, 0.1) is 5.82 Å². The molecule has 96 valence electrons. The number of nitrogens with zero attached hydrogens (tertiary/aromatic N) is 2. The number of rotatable bonds is 1. The van der Waals surface area contributed by atoms with E-state index in [4.69, 9.17) is 17.3 Å². The average Bonchev–Trinajstić information content (AvgIpc) is 2.70. The van der Waals surface area contributed by atoms with Gasteiger partial charge in [0.25, 0.3) is 0 Å². The number of benzene rings is 2. The molecule has 0 aliphatic rings. The van der Waals surface area contributed by atoms with Crippen molar-refractivity contribution in [3.8, 4) is 11.4 Å². The molecular weight excluding hydrogens is 265 g/mol. The van der Waals surface area contributed by atoms with Crippen LogP contribution in [0.4, 0.5) is 10.1 Å². The van der Waals surface area contributed by atoms with Gasteiger partial charge in [-0.3, -0.25) is 0 Å². The average molecular weight is 276 g/mol. The Labute approximate surface area is 114 Å². The molecule has 0 radical (unpaired) electrons. The van der Waals surface area contributed by atoms with Gasteiger partial charge in [-0.2, -0.15) is 0 Å². The molecule has 3 aromatic rings. The minimum Gasteiger partial charge on any atom is -0.398 e. The topological polar surface area (TPSA) is 43.8 Å². The number of hydrogen-bond donors (Lipinski definition) is 1. The zero-order valence-corrected chi connectivity index (χ0v) is 10.9. The first-order valence-corrected chi connectivity index (χ1v) is 6.11. The van der Waals surface area contributed by atoms with Crippen molar-refractivity contribution >= 4 is 28.3 Å². The van der Waals surface area contributed by atoms with Gasteiger partial charge in [-0.05, 0) is 36.4 Å². The van der Waals surface area contributed by atoms with Crippen LogP contribution < -0.4 is 5.73 Å². The summed E-state index contributed by atoms with van der Waals surface area (Å²) in [4.78, 5) is 4.49. The third-order valence-corrected chi connectivity index (χ3v) is 3.44. The first kappa shape index (κ1) is 12.0. The Morgan fingerprint density at radius 1 is 1.21 bits per heavy atom. The molecule has 3 nitrogen and oxygen atoms in total. The van der Waals surface area contributed by atoms with Gasteiger partial charge in [-0.1, -0.05) is 11.6 Å². The number of aromatic nitrogens is 2. The minimum absolute atomic E-state index is 0.280. The fourth-order valence-electron chi connectivity index (χ4n) is 2.10. The molecule has 2 N–H and O–H groups in total. The third kappa shape index (κ3) is 1.94. The van der Waals surface area contributed by atoms with Crippen LogP contribution in [0.2, 0.25) is 5.02 Å². The Hall–Kier alpha value is -2.07. The van der Waals surface area contributed by atoms with Crippen molar-refractivity contribution in [1.29, 1.82) is 0 Å². The molecule has 5 heteroatoms. The Balaban J connectivity index is 2.24. The summed E-state index contributed by atoms with van der Waals surface area (Å²) < 4.78 is 15.1. The molecular formula is C14H11ClFN3. The van der Waals surface area contributed by atoms with Gasteiger partial charge in [0.1, 0.15) is 11.6 Å². The van der Waals surface area contributed by atoms with E-state index in [0.29, 0.717) is 10.7 Å². The Kier molecular flexibility index (Phi) is 2.68. The number of anilines is 1. The van der Waals surface area contributed by atoms with Crippen LogP contribution in [-0.2, 0) is 7.05 Å². The first-order chi connectivity index (χ1) is 9.06. The fraction of sp³-hybridized carbons (Fsp3) is 0.0714. The van der Waals surface area contributed by atoms with Gasteiger partial charge in [-0.25, -0.2) is 9.37 Å². The molecule has 0 atom stereocenters. The van der Waals surface area contributed by atoms with Crippen molar-refractivity contribution in [2.75, 3.05) is 5.73 Å². The van der Waals surface area contributed by atoms with E-state index >= 15 is 0 Å². The molecule has 0 fully saturated rings. The van der Waals surface area contributed by atoms with Crippen molar-refractivity contribution in [1.82, 2.24) is 9.55 Å². The van der Waals surface area contributed by atoms with Gasteiger partial charge in [0.05, 0.1) is 21.7 Å². The highest BCUT2D eigenvalue weighted by atomic mass is 35.5. The fourth-order valence-corrected chi connectivity index (χ4v) is 2.22. The predicted molar refractivity (Wildman–Crippen MR) is 75.5 cm³/mol. The molecule has 2 aromatic carbocycles. The van der Waals surface area contributed by atoms with Crippen molar-refractivity contribution in [2.45, 2.75) is 0 Å². The molecule has 3 rings (SSSR count). The van der Waals surface area contributed by atoms with E-state index in [1.54, 1.807) is 18.2 Å². The Bertz CT molecular complexity index is 780. The number of halogens is 2. The Morgan fingerprint density at radius 3 is 2.74 bits per heavy atom. The molecule has 19 heavy (non-hydrogen) atoms. The van der Waals surface area contributed by atoms with Crippen LogP contribution in [-0.4, -0.2) is 9.55 Å². The van der Waals surface area contributed by atoms with Crippen molar-refractivity contribution < 1.29 is 4.39 Å². The summed E-state index contributed by atoms with van der Waals surface area (Å²) >= 11 is 5.91. The van der Waals surface area contributed by atoms with E-state index in [2.05, 4.69) is 4.98 Å². The highest BCUT2D eigenvalue weighted by Crippen LogP contribution is 2.28. The molecule has 0 spiro atoms. The normalized spacial score (nSPS) is 11.1. The second kappa shape index (κ2) is 4.24. The first-order valence-electron chi connectivity index (χ1n) is 5.73. The van der Waals surface area contributed by atoms with Crippen LogP contribution in [0.3, 0.4) is 0 Å². The second-order valence-electron chi connectivity index (χ2n) is 4.36. The molecule has 0 aliphatic carbocycles. The summed E-state index contributed by atoms with van der Waals surface area (Å²) in [6.45, 7) is 0. The number of nitrogen functional groups attached to an aromatic ring is 1. The van der Waals surface area contributed by atoms with Gasteiger partial charge in [0.15, 0.2) is 0 Å². The maximum atomic E-state index is 13.3. The zero-order chi connectivity index (χ0) is 13.6. The summed E-state index contributed by atoms with van der Waals surface area (Å²) in [5, 5.41) is 0.508. The summed E-state index contributed by atoms with van der Waals surface area (Å²) in [7, 11) is 1.84. The SMILES string of the molecule is Cn1c(-c2ccc(Cl)c(N)c2)nc2ccc(F)cc21. The molecule has 0 bridgehead atoms. The molecule has 0 unspecified atom stereocenters. The van der Waals surface area contributed by atoms with Crippen LogP contribution in [0.25, 0.3) is 22.4 Å². The van der Waals surface area contributed by atoms with Crippen LogP contribution in [0.15, 0.2) is 36.4 Å². The molecule has 1 heterocycles. The molecule has 0 saturated heterocycles. The second-order valence-corrected chi connectivity index (χ2v) is 4.77. The van der Waals surface area contributed by atoms with Crippen molar-refractivity contribution in [2.24, 2.45) is 7.05 Å². The van der Waals surface area contributed by atoms with Gasteiger partial charge < -0.3 is 10.3 Å². The van der Waals surface area contributed by atoms with Gasteiger partial charge in [-0.15, -0.1) is 0 Å². The van der Waals surface area contributed by atoms with Gasteiger partial charge >= 0.3 is 0 Å². The highest BCUT2D eigenvalue weighted by molar-refractivity contribution is 6.33. The third-order valence-electron chi connectivity index (χ3n) is 3.10. The summed E-state index contributed by atoms with van der Waals surface area (Å²) in [5.74, 6) is 0.446. The summed E-state index contributed by atoms with van der Waals surface area (Å²) in [5.41, 5.74) is 8.63. The Morgan fingerprint density at radius 2 is 2.00 bits per heavy atom. The van der Waals surface area contributed by atoms with E-state index < -0.39 is 0 Å². The maximum Gasteiger partial charge on any atom is 0.140 e. The quantitative estimate of drug-likeness (QED) is 0.690. The molecule has 0 aliphatic heterocycles. The van der Waals surface area contributed by atoms with Crippen LogP contribution in [0.5, 0.6) is 0 Å². The number of nitrogens with two attached hydrogens (primary N) is 1. The summed E-state index contributed by atoms with van der Waals surface area (Å²) in [6.07, 6.45) is 0. The van der Waals surface area contributed by atoms with Crippen molar-refractivity contribution in [3.63, 3.8) is 0 Å². The number of aryl methyl sites for hydroxylation is 1. The standard InChI is InChI=1S/C14H11ClFN3/c1-19-13-7-9(16)3-5-12(13)18-14(19)8-2-4-10(15)11(17)6-8/h2-7H,17H2,1H3. The van der Waals surface area contributed by atoms with Crippen molar-refractivity contribution in [3.05, 3.63) is 47.2 Å². The maximum absolute atomic E-state index is 13.3. The van der Waals surface area contributed by atoms with Crippen LogP contribution in [0.1, 0.15) is 0 Å². The lowest BCUT2D eigenvalue weighted by atomic mass is 10.2. The molecule has 1 aromatic heterocycles. The minimum atomic E-state index is -0.280. The summed E-state index contributed by atoms with van der Waals surface area (Å²) in [6, 6.07) is 9.86. The number of hydrogen-bond acceptors (Lipinski definition) is 2. The van der Waals surface area contributed by atoms with Gasteiger partial charge in [0.2, 0.25) is 0 Å². The largest absolute Gasteiger partial charge is 0.398 e. The zero-order valence-electron chi connectivity index (χ0n) is 10.2. The smallest absolute Gasteiger partial charge is 0.140 e. The van der Waals surface area contributed by atoms with E-state index in [1.807, 2.05) is 17.7 Å². The van der Waals surface area contributed by atoms with E-state index in [0.717, 1.165) is 22.4 Å². The highest BCUT2D eigenvalue weighted by Gasteiger charge is 2.11. The monoisotopic (exact) mass is 275 g/mol. The number of fused-ring (bicyclic) bond motifs is 1. The molecule has 0 amide bonds. The van der Waals surface area contributed by atoms with Gasteiger partial charge in [0, 0.05) is 12.6 Å². The lowest BCUT2D eigenvalue weighted by Gasteiger charge is -2.04. The van der Waals surface area contributed by atoms with E-state index in [1.165, 1.54) is 12.1 Å². The lowest BCUT2D eigenvalue weighted by molar-refractivity contribution is 0.629. The van der Waals surface area contributed by atoms with E-state index in [-0.39, 0.29) is 5.82 Å². The lowest BCUT2D eigenvalue weighted by Crippen LogP contribution is -1.94. The molecule has 0 saturated carbocycles. The number of imidazole rings is 1. The van der Waals surface area contributed by atoms with E-state index in [9.17, 15) is 4.39 Å².